The van der Waals surface area contributed by atoms with Gasteiger partial charge in [0, 0.05) is 18.5 Å². The highest BCUT2D eigenvalue weighted by Crippen LogP contribution is 2.32. The van der Waals surface area contributed by atoms with Crippen LogP contribution in [0.3, 0.4) is 0 Å². The molecule has 2 aliphatic rings. The van der Waals surface area contributed by atoms with E-state index in [4.69, 9.17) is 9.47 Å². The number of thiazole rings is 1. The van der Waals surface area contributed by atoms with Gasteiger partial charge >= 0.3 is 0 Å². The van der Waals surface area contributed by atoms with E-state index in [1.807, 2.05) is 0 Å². The van der Waals surface area contributed by atoms with E-state index in [-0.39, 0.29) is 6.29 Å². The molecule has 2 saturated heterocycles. The number of aryl methyl sites for hydroxylation is 1. The molecule has 0 N–H and O–H groups in total. The zero-order chi connectivity index (χ0) is 13.8. The van der Waals surface area contributed by atoms with Gasteiger partial charge in [-0.05, 0) is 45.6 Å². The van der Waals surface area contributed by atoms with Gasteiger partial charge in [-0.1, -0.05) is 0 Å². The maximum absolute atomic E-state index is 5.85. The van der Waals surface area contributed by atoms with Crippen molar-refractivity contribution < 1.29 is 9.47 Å². The lowest BCUT2D eigenvalue weighted by molar-refractivity contribution is -0.164. The first kappa shape index (κ1) is 14.4. The summed E-state index contributed by atoms with van der Waals surface area (Å²) >= 11 is 1.75. The second kappa shape index (κ2) is 6.98. The average molecular weight is 296 g/mol. The fourth-order valence-electron chi connectivity index (χ4n) is 3.11. The minimum absolute atomic E-state index is 0.0336. The Bertz CT molecular complexity index is 418. The van der Waals surface area contributed by atoms with Crippen molar-refractivity contribution in [1.29, 1.82) is 0 Å². The Labute approximate surface area is 125 Å². The van der Waals surface area contributed by atoms with Gasteiger partial charge in [-0.2, -0.15) is 0 Å². The maximum atomic E-state index is 5.85. The second-order valence-electron chi connectivity index (χ2n) is 5.65. The Morgan fingerprint density at radius 2 is 2.35 bits per heavy atom. The van der Waals surface area contributed by atoms with Crippen molar-refractivity contribution in [3.63, 3.8) is 0 Å². The van der Waals surface area contributed by atoms with Gasteiger partial charge in [-0.15, -0.1) is 11.3 Å². The van der Waals surface area contributed by atoms with Crippen LogP contribution < -0.4 is 0 Å². The van der Waals surface area contributed by atoms with Crippen molar-refractivity contribution in [2.45, 2.75) is 51.4 Å². The molecule has 3 rings (SSSR count). The molecule has 0 saturated carbocycles. The van der Waals surface area contributed by atoms with Gasteiger partial charge in [0.2, 0.25) is 0 Å². The van der Waals surface area contributed by atoms with E-state index in [0.29, 0.717) is 6.04 Å². The van der Waals surface area contributed by atoms with Crippen LogP contribution in [-0.2, 0) is 9.47 Å². The third kappa shape index (κ3) is 3.58. The third-order valence-electron chi connectivity index (χ3n) is 4.16. The molecular weight excluding hydrogens is 272 g/mol. The summed E-state index contributed by atoms with van der Waals surface area (Å²) in [5.74, 6) is 0. The summed E-state index contributed by atoms with van der Waals surface area (Å²) in [7, 11) is 0. The lowest BCUT2D eigenvalue weighted by Gasteiger charge is -2.26. The topological polar surface area (TPSA) is 34.6 Å². The Morgan fingerprint density at radius 1 is 1.40 bits per heavy atom. The monoisotopic (exact) mass is 296 g/mol. The molecule has 0 radical (unpaired) electrons. The van der Waals surface area contributed by atoms with Crippen LogP contribution >= 0.6 is 11.3 Å². The molecule has 20 heavy (non-hydrogen) atoms. The largest absolute Gasteiger partial charge is 0.353 e. The Balaban J connectivity index is 1.46. The quantitative estimate of drug-likeness (QED) is 0.836. The van der Waals surface area contributed by atoms with Gasteiger partial charge in [0.05, 0.1) is 23.4 Å². The summed E-state index contributed by atoms with van der Waals surface area (Å²) < 4.78 is 11.5. The van der Waals surface area contributed by atoms with Gasteiger partial charge in [0.15, 0.2) is 6.29 Å². The summed E-state index contributed by atoms with van der Waals surface area (Å²) in [6.45, 7) is 5.85. The highest BCUT2D eigenvalue weighted by Gasteiger charge is 2.27. The van der Waals surface area contributed by atoms with Crippen LogP contribution in [0.15, 0.2) is 5.38 Å². The summed E-state index contributed by atoms with van der Waals surface area (Å²) in [6.07, 6.45) is 5.98. The van der Waals surface area contributed by atoms with Gasteiger partial charge in [0.1, 0.15) is 0 Å². The van der Waals surface area contributed by atoms with Crippen LogP contribution in [0.25, 0.3) is 0 Å². The Hall–Kier alpha value is -0.490. The fourth-order valence-corrected chi connectivity index (χ4v) is 3.77. The van der Waals surface area contributed by atoms with Crippen LogP contribution in [0.5, 0.6) is 0 Å². The molecule has 1 aromatic rings. The van der Waals surface area contributed by atoms with Crippen molar-refractivity contribution in [3.05, 3.63) is 16.1 Å². The minimum atomic E-state index is 0.0336. The van der Waals surface area contributed by atoms with Gasteiger partial charge in [0.25, 0.3) is 0 Å². The predicted octanol–water partition coefficient (Wildman–Crippen LogP) is 3.13. The number of ether oxygens (including phenoxy) is 2. The van der Waals surface area contributed by atoms with Gasteiger partial charge in [-0.25, -0.2) is 4.98 Å². The standard InChI is InChI=1S/C15H24N2O2S/c1-12-16-13(11-20-12)14-5-4-7-17(14)8-10-19-15-6-2-3-9-18-15/h11,14-15H,2-10H2,1H3/t14-,15-/m1/s1. The number of hydrogen-bond acceptors (Lipinski definition) is 5. The molecule has 0 aromatic carbocycles. The number of nitrogens with zero attached hydrogens (tertiary/aromatic N) is 2. The highest BCUT2D eigenvalue weighted by atomic mass is 32.1. The fraction of sp³-hybridized carbons (Fsp3) is 0.800. The van der Waals surface area contributed by atoms with Crippen LogP contribution in [0.2, 0.25) is 0 Å². The molecule has 0 spiro atoms. The van der Waals surface area contributed by atoms with Crippen molar-refractivity contribution in [3.8, 4) is 0 Å². The SMILES string of the molecule is Cc1nc([C@H]2CCCN2CCO[C@@H]2CCCCO2)cs1. The van der Waals surface area contributed by atoms with E-state index < -0.39 is 0 Å². The number of likely N-dealkylation sites (tertiary alicyclic amines) is 1. The first-order chi connectivity index (χ1) is 9.83. The van der Waals surface area contributed by atoms with Crippen LogP contribution in [-0.4, -0.2) is 42.5 Å². The normalized spacial score (nSPS) is 28.1. The zero-order valence-electron chi connectivity index (χ0n) is 12.2. The smallest absolute Gasteiger partial charge is 0.157 e. The number of hydrogen-bond donors (Lipinski definition) is 0. The summed E-state index contributed by atoms with van der Waals surface area (Å²) in [4.78, 5) is 7.16. The second-order valence-corrected chi connectivity index (χ2v) is 6.71. The van der Waals surface area contributed by atoms with E-state index in [1.165, 1.54) is 36.4 Å². The predicted molar refractivity (Wildman–Crippen MR) is 79.9 cm³/mol. The van der Waals surface area contributed by atoms with Crippen molar-refractivity contribution in [2.75, 3.05) is 26.3 Å². The van der Waals surface area contributed by atoms with Crippen LogP contribution in [0.1, 0.15) is 48.8 Å². The minimum Gasteiger partial charge on any atom is -0.353 e. The molecule has 1 aromatic heterocycles. The third-order valence-corrected chi connectivity index (χ3v) is 4.95. The average Bonchev–Trinajstić information content (AvgIpc) is 3.09. The van der Waals surface area contributed by atoms with Gasteiger partial charge < -0.3 is 9.47 Å². The molecule has 0 bridgehead atoms. The van der Waals surface area contributed by atoms with Crippen molar-refractivity contribution >= 4 is 11.3 Å². The molecule has 2 aliphatic heterocycles. The molecule has 0 unspecified atom stereocenters. The molecule has 112 valence electrons. The van der Waals surface area contributed by atoms with E-state index in [9.17, 15) is 0 Å². The molecule has 2 fully saturated rings. The summed E-state index contributed by atoms with van der Waals surface area (Å²) in [6, 6.07) is 0.496. The van der Waals surface area contributed by atoms with Crippen LogP contribution in [0, 0.1) is 6.92 Å². The Morgan fingerprint density at radius 3 is 3.10 bits per heavy atom. The van der Waals surface area contributed by atoms with E-state index >= 15 is 0 Å². The molecule has 5 heteroatoms. The van der Waals surface area contributed by atoms with Crippen LogP contribution in [0.4, 0.5) is 0 Å². The first-order valence-electron chi connectivity index (χ1n) is 7.72. The molecular formula is C15H24N2O2S. The molecule has 4 nitrogen and oxygen atoms in total. The summed E-state index contributed by atoms with van der Waals surface area (Å²) in [5.41, 5.74) is 1.25. The first-order valence-corrected chi connectivity index (χ1v) is 8.60. The number of rotatable bonds is 5. The lowest BCUT2D eigenvalue weighted by Crippen LogP contribution is -2.30. The molecule has 3 heterocycles. The summed E-state index contributed by atoms with van der Waals surface area (Å²) in [5, 5.41) is 3.38. The van der Waals surface area contributed by atoms with Crippen molar-refractivity contribution in [1.82, 2.24) is 9.88 Å². The lowest BCUT2D eigenvalue weighted by atomic mass is 10.2. The highest BCUT2D eigenvalue weighted by molar-refractivity contribution is 7.09. The van der Waals surface area contributed by atoms with E-state index in [0.717, 1.165) is 32.7 Å². The maximum Gasteiger partial charge on any atom is 0.157 e. The van der Waals surface area contributed by atoms with Crippen molar-refractivity contribution in [2.24, 2.45) is 0 Å². The number of aromatic nitrogens is 1. The van der Waals surface area contributed by atoms with Gasteiger partial charge in [-0.3, -0.25) is 4.90 Å². The van der Waals surface area contributed by atoms with E-state index in [2.05, 4.69) is 22.2 Å². The Kier molecular flexibility index (Phi) is 5.04. The zero-order valence-corrected chi connectivity index (χ0v) is 13.0. The molecule has 2 atom stereocenters. The van der Waals surface area contributed by atoms with E-state index in [1.54, 1.807) is 11.3 Å². The molecule has 0 amide bonds. The molecule has 0 aliphatic carbocycles.